The van der Waals surface area contributed by atoms with Crippen molar-refractivity contribution in [3.05, 3.63) is 44.9 Å². The van der Waals surface area contributed by atoms with Crippen molar-refractivity contribution in [2.45, 2.75) is 49.4 Å². The van der Waals surface area contributed by atoms with Gasteiger partial charge in [-0.05, 0) is 43.5 Å². The number of halogens is 1. The van der Waals surface area contributed by atoms with Crippen molar-refractivity contribution in [1.82, 2.24) is 10.3 Å². The summed E-state index contributed by atoms with van der Waals surface area (Å²) < 4.78 is 0. The largest absolute Gasteiger partial charge is 0.309 e. The molecule has 1 heterocycles. The third-order valence-corrected chi connectivity index (χ3v) is 6.02. The second kappa shape index (κ2) is 7.14. The summed E-state index contributed by atoms with van der Waals surface area (Å²) in [4.78, 5) is 7.45. The minimum absolute atomic E-state index is 0.753. The SMILES string of the molecule is CCc1nc(CSc2ccc(Cl)cc2)sc1CNC1CC1. The average Bonchev–Trinajstić information content (AvgIpc) is 3.24. The van der Waals surface area contributed by atoms with E-state index in [0.29, 0.717) is 0 Å². The lowest BCUT2D eigenvalue weighted by Gasteiger charge is -2.00. The summed E-state index contributed by atoms with van der Waals surface area (Å²) in [6.07, 6.45) is 3.68. The summed E-state index contributed by atoms with van der Waals surface area (Å²) in [5.74, 6) is 0.933. The molecule has 2 aromatic rings. The number of aryl methyl sites for hydroxylation is 1. The van der Waals surface area contributed by atoms with Gasteiger partial charge in [0.2, 0.25) is 0 Å². The van der Waals surface area contributed by atoms with E-state index in [2.05, 4.69) is 24.4 Å². The van der Waals surface area contributed by atoms with E-state index in [1.165, 1.54) is 33.3 Å². The van der Waals surface area contributed by atoms with Crippen LogP contribution >= 0.6 is 34.7 Å². The van der Waals surface area contributed by atoms with Gasteiger partial charge in [0.25, 0.3) is 0 Å². The molecule has 0 radical (unpaired) electrons. The van der Waals surface area contributed by atoms with Gasteiger partial charge in [-0.3, -0.25) is 0 Å². The van der Waals surface area contributed by atoms with Crippen LogP contribution in [0.1, 0.15) is 35.3 Å². The Labute approximate surface area is 139 Å². The number of rotatable bonds is 7. The van der Waals surface area contributed by atoms with E-state index >= 15 is 0 Å². The first-order chi connectivity index (χ1) is 10.2. The van der Waals surface area contributed by atoms with Gasteiger partial charge in [0, 0.05) is 27.4 Å². The molecule has 1 N–H and O–H groups in total. The van der Waals surface area contributed by atoms with Gasteiger partial charge in [0.05, 0.1) is 11.4 Å². The van der Waals surface area contributed by atoms with Crippen LogP contribution in [0.25, 0.3) is 0 Å². The van der Waals surface area contributed by atoms with Crippen LogP contribution in [0.3, 0.4) is 0 Å². The molecule has 0 saturated heterocycles. The molecule has 112 valence electrons. The Balaban J connectivity index is 1.60. The van der Waals surface area contributed by atoms with Gasteiger partial charge in [-0.1, -0.05) is 18.5 Å². The molecule has 5 heteroatoms. The summed E-state index contributed by atoms with van der Waals surface area (Å²) >= 11 is 9.59. The van der Waals surface area contributed by atoms with Crippen molar-refractivity contribution in [2.24, 2.45) is 0 Å². The lowest BCUT2D eigenvalue weighted by Crippen LogP contribution is -2.15. The first kappa shape index (κ1) is 15.3. The molecular weight excluding hydrogens is 320 g/mol. The third-order valence-electron chi connectivity index (χ3n) is 3.46. The topological polar surface area (TPSA) is 24.9 Å². The molecule has 0 bridgehead atoms. The molecule has 0 atom stereocenters. The number of hydrogen-bond donors (Lipinski definition) is 1. The molecule has 1 saturated carbocycles. The summed E-state index contributed by atoms with van der Waals surface area (Å²) in [7, 11) is 0. The maximum absolute atomic E-state index is 5.91. The predicted molar refractivity (Wildman–Crippen MR) is 92.4 cm³/mol. The second-order valence-corrected chi connectivity index (χ2v) is 7.88. The summed E-state index contributed by atoms with van der Waals surface area (Å²) in [6.45, 7) is 3.17. The van der Waals surface area contributed by atoms with Crippen LogP contribution in [-0.2, 0) is 18.7 Å². The molecule has 0 unspecified atom stereocenters. The molecule has 1 aromatic heterocycles. The average molecular weight is 339 g/mol. The van der Waals surface area contributed by atoms with Gasteiger partial charge < -0.3 is 5.32 Å². The lowest BCUT2D eigenvalue weighted by molar-refractivity contribution is 0.689. The van der Waals surface area contributed by atoms with E-state index in [1.54, 1.807) is 0 Å². The molecule has 1 aromatic carbocycles. The van der Waals surface area contributed by atoms with Crippen LogP contribution in [0.5, 0.6) is 0 Å². The van der Waals surface area contributed by atoms with E-state index in [4.69, 9.17) is 16.6 Å². The minimum Gasteiger partial charge on any atom is -0.309 e. The third kappa shape index (κ3) is 4.46. The highest BCUT2D eigenvalue weighted by Gasteiger charge is 2.21. The highest BCUT2D eigenvalue weighted by Crippen LogP contribution is 2.29. The van der Waals surface area contributed by atoms with Gasteiger partial charge in [-0.2, -0.15) is 0 Å². The Morgan fingerprint density at radius 3 is 2.76 bits per heavy atom. The molecule has 1 fully saturated rings. The molecule has 1 aliphatic carbocycles. The molecule has 0 amide bonds. The van der Waals surface area contributed by atoms with Crippen LogP contribution in [0.15, 0.2) is 29.2 Å². The first-order valence-electron chi connectivity index (χ1n) is 7.34. The summed E-state index contributed by atoms with van der Waals surface area (Å²) in [5, 5.41) is 5.60. The van der Waals surface area contributed by atoms with E-state index in [9.17, 15) is 0 Å². The zero-order valence-corrected chi connectivity index (χ0v) is 14.5. The second-order valence-electron chi connectivity index (χ2n) is 5.23. The van der Waals surface area contributed by atoms with Gasteiger partial charge in [0.1, 0.15) is 5.01 Å². The Morgan fingerprint density at radius 1 is 1.33 bits per heavy atom. The number of benzene rings is 1. The van der Waals surface area contributed by atoms with Gasteiger partial charge in [-0.15, -0.1) is 23.1 Å². The molecule has 2 nitrogen and oxygen atoms in total. The van der Waals surface area contributed by atoms with Crippen LogP contribution < -0.4 is 5.32 Å². The summed E-state index contributed by atoms with van der Waals surface area (Å²) in [6, 6.07) is 8.76. The van der Waals surface area contributed by atoms with Crippen LogP contribution in [0.4, 0.5) is 0 Å². The Hall–Kier alpha value is -0.550. The molecular formula is C16H19ClN2S2. The van der Waals surface area contributed by atoms with Crippen molar-refractivity contribution in [3.63, 3.8) is 0 Å². The van der Waals surface area contributed by atoms with Gasteiger partial charge in [-0.25, -0.2) is 4.98 Å². The predicted octanol–water partition coefficient (Wildman–Crippen LogP) is 4.90. The lowest BCUT2D eigenvalue weighted by atomic mass is 10.3. The van der Waals surface area contributed by atoms with Crippen molar-refractivity contribution in [3.8, 4) is 0 Å². The highest BCUT2D eigenvalue weighted by atomic mass is 35.5. The molecule has 21 heavy (non-hydrogen) atoms. The van der Waals surface area contributed by atoms with Gasteiger partial charge in [0.15, 0.2) is 0 Å². The number of nitrogens with one attached hydrogen (secondary N) is 1. The summed E-state index contributed by atoms with van der Waals surface area (Å²) in [5.41, 5.74) is 1.26. The Bertz CT molecular complexity index is 591. The molecule has 3 rings (SSSR count). The maximum atomic E-state index is 5.91. The first-order valence-corrected chi connectivity index (χ1v) is 9.52. The fourth-order valence-corrected chi connectivity index (χ4v) is 4.24. The van der Waals surface area contributed by atoms with E-state index in [1.807, 2.05) is 35.2 Å². The Kier molecular flexibility index (Phi) is 5.22. The van der Waals surface area contributed by atoms with Crippen LogP contribution in [0.2, 0.25) is 5.02 Å². The maximum Gasteiger partial charge on any atom is 0.103 e. The fourth-order valence-electron chi connectivity index (χ4n) is 2.11. The van der Waals surface area contributed by atoms with E-state index in [-0.39, 0.29) is 0 Å². The van der Waals surface area contributed by atoms with Crippen molar-refractivity contribution >= 4 is 34.7 Å². The number of thiazole rings is 1. The van der Waals surface area contributed by atoms with Crippen molar-refractivity contribution < 1.29 is 0 Å². The minimum atomic E-state index is 0.753. The van der Waals surface area contributed by atoms with Gasteiger partial charge >= 0.3 is 0 Å². The number of hydrogen-bond acceptors (Lipinski definition) is 4. The molecule has 1 aliphatic rings. The Morgan fingerprint density at radius 2 is 2.10 bits per heavy atom. The monoisotopic (exact) mass is 338 g/mol. The zero-order valence-electron chi connectivity index (χ0n) is 12.1. The highest BCUT2D eigenvalue weighted by molar-refractivity contribution is 7.98. The van der Waals surface area contributed by atoms with E-state index in [0.717, 1.165) is 29.8 Å². The van der Waals surface area contributed by atoms with Crippen LogP contribution in [-0.4, -0.2) is 11.0 Å². The number of nitrogens with zero attached hydrogens (tertiary/aromatic N) is 1. The molecule has 0 aliphatic heterocycles. The number of aromatic nitrogens is 1. The smallest absolute Gasteiger partial charge is 0.103 e. The quantitative estimate of drug-likeness (QED) is 0.726. The normalized spacial score (nSPS) is 14.6. The van der Waals surface area contributed by atoms with Crippen molar-refractivity contribution in [1.29, 1.82) is 0 Å². The zero-order chi connectivity index (χ0) is 14.7. The fraction of sp³-hybridized carbons (Fsp3) is 0.438. The standard InChI is InChI=1S/C16H19ClN2S2/c1-2-14-15(9-18-12-5-6-12)21-16(19-14)10-20-13-7-3-11(17)4-8-13/h3-4,7-8,12,18H,2,5-6,9-10H2,1H3. The van der Waals surface area contributed by atoms with Crippen molar-refractivity contribution in [2.75, 3.05) is 0 Å². The van der Waals surface area contributed by atoms with Crippen LogP contribution in [0, 0.1) is 0 Å². The number of thioether (sulfide) groups is 1. The molecule has 0 spiro atoms. The van der Waals surface area contributed by atoms with E-state index < -0.39 is 0 Å².